The summed E-state index contributed by atoms with van der Waals surface area (Å²) in [5, 5.41) is 7.78. The zero-order chi connectivity index (χ0) is 23.9. The Morgan fingerprint density at radius 2 is 0.647 bits per heavy atom. The summed E-state index contributed by atoms with van der Waals surface area (Å²) in [6, 6.07) is 18.5. The van der Waals surface area contributed by atoms with E-state index in [1.54, 1.807) is 28.4 Å². The molecule has 0 aromatic heterocycles. The first-order valence-electron chi connectivity index (χ1n) is 12.1. The van der Waals surface area contributed by atoms with Gasteiger partial charge in [-0.15, -0.1) is 0 Å². The molecule has 0 radical (unpaired) electrons. The third-order valence-electron chi connectivity index (χ3n) is 6.77. The average Bonchev–Trinajstić information content (AvgIpc) is 2.86. The number of methoxy groups -OCH3 is 4. The van der Waals surface area contributed by atoms with E-state index in [1.165, 1.54) is 54.6 Å². The molecule has 0 unspecified atom stereocenters. The standard InChI is InChI=1S/C30H36O4/c1-31-13-9-21-5-6-22(10-14-32-2)28-18-26-20-30-24(12-16-34-4)8-7-23(11-15-33-3)29(30)19-25(26)17-27(21)28/h5-8,17-20H,9-16H2,1-4H3. The highest BCUT2D eigenvalue weighted by atomic mass is 16.5. The van der Waals surface area contributed by atoms with Gasteiger partial charge in [-0.1, -0.05) is 24.3 Å². The maximum Gasteiger partial charge on any atom is 0.0502 e. The molecule has 0 aliphatic rings. The van der Waals surface area contributed by atoms with E-state index in [1.807, 2.05) is 0 Å². The minimum atomic E-state index is 0.715. The molecular formula is C30H36O4. The lowest BCUT2D eigenvalue weighted by Crippen LogP contribution is -2.01. The van der Waals surface area contributed by atoms with Crippen LogP contribution in [0.15, 0.2) is 48.5 Å². The van der Waals surface area contributed by atoms with Crippen molar-refractivity contribution >= 4 is 32.3 Å². The summed E-state index contributed by atoms with van der Waals surface area (Å²) in [6.45, 7) is 2.86. The molecule has 0 N–H and O–H groups in total. The summed E-state index contributed by atoms with van der Waals surface area (Å²) in [7, 11) is 7.05. The van der Waals surface area contributed by atoms with Gasteiger partial charge in [-0.3, -0.25) is 0 Å². The van der Waals surface area contributed by atoms with Crippen molar-refractivity contribution in [3.63, 3.8) is 0 Å². The van der Waals surface area contributed by atoms with Gasteiger partial charge >= 0.3 is 0 Å². The molecule has 0 spiro atoms. The summed E-state index contributed by atoms with van der Waals surface area (Å²) in [5.74, 6) is 0. The maximum absolute atomic E-state index is 5.39. The summed E-state index contributed by atoms with van der Waals surface area (Å²) in [6.07, 6.45) is 3.60. The number of hydrogen-bond donors (Lipinski definition) is 0. The van der Waals surface area contributed by atoms with E-state index in [2.05, 4.69) is 48.5 Å². The minimum Gasteiger partial charge on any atom is -0.384 e. The highest BCUT2D eigenvalue weighted by Gasteiger charge is 2.12. The quantitative estimate of drug-likeness (QED) is 0.247. The minimum absolute atomic E-state index is 0.715. The van der Waals surface area contributed by atoms with Crippen LogP contribution in [0.2, 0.25) is 0 Å². The van der Waals surface area contributed by atoms with E-state index in [4.69, 9.17) is 18.9 Å². The lowest BCUT2D eigenvalue weighted by molar-refractivity contribution is 0.202. The van der Waals surface area contributed by atoms with E-state index in [-0.39, 0.29) is 0 Å². The Balaban J connectivity index is 1.95. The van der Waals surface area contributed by atoms with Crippen molar-refractivity contribution in [3.8, 4) is 0 Å². The number of benzene rings is 4. The first-order valence-corrected chi connectivity index (χ1v) is 12.1. The topological polar surface area (TPSA) is 36.9 Å². The van der Waals surface area contributed by atoms with Crippen molar-refractivity contribution in [1.82, 2.24) is 0 Å². The van der Waals surface area contributed by atoms with Crippen LogP contribution in [0, 0.1) is 0 Å². The Labute approximate surface area is 202 Å². The Morgan fingerprint density at radius 1 is 0.412 bits per heavy atom. The highest BCUT2D eigenvalue weighted by molar-refractivity contribution is 6.07. The Morgan fingerprint density at radius 3 is 0.853 bits per heavy atom. The fourth-order valence-electron chi connectivity index (χ4n) is 4.89. The van der Waals surface area contributed by atoms with Crippen LogP contribution >= 0.6 is 0 Å². The molecule has 4 aromatic carbocycles. The van der Waals surface area contributed by atoms with Crippen LogP contribution in [0.4, 0.5) is 0 Å². The molecule has 0 amide bonds. The zero-order valence-electron chi connectivity index (χ0n) is 20.9. The van der Waals surface area contributed by atoms with Gasteiger partial charge in [0, 0.05) is 28.4 Å². The molecule has 4 nitrogen and oxygen atoms in total. The first kappa shape index (κ1) is 24.6. The Kier molecular flexibility index (Phi) is 8.52. The number of fused-ring (bicyclic) bond motifs is 3. The van der Waals surface area contributed by atoms with Gasteiger partial charge < -0.3 is 18.9 Å². The lowest BCUT2D eigenvalue weighted by atomic mass is 9.90. The van der Waals surface area contributed by atoms with Gasteiger partial charge in [0.1, 0.15) is 0 Å². The predicted octanol–water partition coefficient (Wildman–Crippen LogP) is 5.90. The average molecular weight is 461 g/mol. The van der Waals surface area contributed by atoms with E-state index < -0.39 is 0 Å². The summed E-state index contributed by atoms with van der Waals surface area (Å²) < 4.78 is 21.6. The molecule has 0 heterocycles. The Bertz CT molecular complexity index is 1070. The Hall–Kier alpha value is -2.50. The second-order valence-corrected chi connectivity index (χ2v) is 8.88. The SMILES string of the molecule is COCCc1ccc(CCOC)c2cc3cc4c(CCOC)ccc(CCOC)c4cc3cc12. The van der Waals surface area contributed by atoms with Crippen molar-refractivity contribution in [2.24, 2.45) is 0 Å². The van der Waals surface area contributed by atoms with Gasteiger partial charge in [-0.25, -0.2) is 0 Å². The molecule has 34 heavy (non-hydrogen) atoms. The zero-order valence-corrected chi connectivity index (χ0v) is 20.9. The highest BCUT2D eigenvalue weighted by Crippen LogP contribution is 2.34. The molecule has 0 fully saturated rings. The molecular weight excluding hydrogens is 424 g/mol. The third-order valence-corrected chi connectivity index (χ3v) is 6.77. The van der Waals surface area contributed by atoms with Crippen molar-refractivity contribution in [3.05, 3.63) is 70.8 Å². The normalized spacial score (nSPS) is 11.8. The van der Waals surface area contributed by atoms with Gasteiger partial charge in [0.2, 0.25) is 0 Å². The smallest absolute Gasteiger partial charge is 0.0502 e. The van der Waals surface area contributed by atoms with Crippen molar-refractivity contribution in [2.75, 3.05) is 54.9 Å². The fourth-order valence-corrected chi connectivity index (χ4v) is 4.89. The summed E-state index contributed by atoms with van der Waals surface area (Å²) >= 11 is 0. The van der Waals surface area contributed by atoms with E-state index in [9.17, 15) is 0 Å². The third kappa shape index (κ3) is 5.26. The van der Waals surface area contributed by atoms with E-state index in [0.717, 1.165) is 25.7 Å². The van der Waals surface area contributed by atoms with Crippen LogP contribution in [-0.2, 0) is 44.6 Å². The van der Waals surface area contributed by atoms with Gasteiger partial charge in [-0.05, 0) is 105 Å². The molecule has 0 saturated carbocycles. The van der Waals surface area contributed by atoms with Gasteiger partial charge in [0.05, 0.1) is 26.4 Å². The number of rotatable bonds is 12. The van der Waals surface area contributed by atoms with Crippen LogP contribution in [0.3, 0.4) is 0 Å². The number of hydrogen-bond acceptors (Lipinski definition) is 4. The van der Waals surface area contributed by atoms with Crippen molar-refractivity contribution < 1.29 is 18.9 Å². The first-order chi connectivity index (χ1) is 16.7. The molecule has 0 atom stereocenters. The molecule has 0 saturated heterocycles. The fraction of sp³-hybridized carbons (Fsp3) is 0.400. The van der Waals surface area contributed by atoms with Crippen LogP contribution in [0.5, 0.6) is 0 Å². The summed E-state index contributed by atoms with van der Waals surface area (Å²) in [4.78, 5) is 0. The van der Waals surface area contributed by atoms with Gasteiger partial charge in [-0.2, -0.15) is 0 Å². The monoisotopic (exact) mass is 460 g/mol. The molecule has 4 aromatic rings. The van der Waals surface area contributed by atoms with Gasteiger partial charge in [0.15, 0.2) is 0 Å². The van der Waals surface area contributed by atoms with Crippen molar-refractivity contribution in [2.45, 2.75) is 25.7 Å². The molecule has 0 bridgehead atoms. The maximum atomic E-state index is 5.39. The number of ether oxygens (including phenoxy) is 4. The van der Waals surface area contributed by atoms with Crippen LogP contribution in [0.1, 0.15) is 22.3 Å². The second kappa shape index (κ2) is 11.8. The van der Waals surface area contributed by atoms with Crippen LogP contribution in [0.25, 0.3) is 32.3 Å². The summed E-state index contributed by atoms with van der Waals surface area (Å²) in [5.41, 5.74) is 5.31. The van der Waals surface area contributed by atoms with Gasteiger partial charge in [0.25, 0.3) is 0 Å². The lowest BCUT2D eigenvalue weighted by Gasteiger charge is -2.16. The van der Waals surface area contributed by atoms with E-state index in [0.29, 0.717) is 26.4 Å². The molecule has 0 aliphatic carbocycles. The molecule has 4 heteroatoms. The van der Waals surface area contributed by atoms with Crippen LogP contribution < -0.4 is 0 Å². The molecule has 0 aliphatic heterocycles. The molecule has 4 rings (SSSR count). The van der Waals surface area contributed by atoms with E-state index >= 15 is 0 Å². The molecule has 180 valence electrons. The largest absolute Gasteiger partial charge is 0.384 e. The second-order valence-electron chi connectivity index (χ2n) is 8.88. The van der Waals surface area contributed by atoms with Crippen LogP contribution in [-0.4, -0.2) is 54.9 Å². The van der Waals surface area contributed by atoms with Crippen molar-refractivity contribution in [1.29, 1.82) is 0 Å². The predicted molar refractivity (Wildman–Crippen MR) is 141 cm³/mol.